The van der Waals surface area contributed by atoms with Crippen molar-refractivity contribution in [3.05, 3.63) is 47.3 Å². The minimum absolute atomic E-state index is 0.0137. The number of imidazole rings is 2. The van der Waals surface area contributed by atoms with E-state index in [4.69, 9.17) is 0 Å². The molecule has 0 saturated carbocycles. The molecule has 1 aliphatic heterocycles. The maximum atomic E-state index is 12.4. The van der Waals surface area contributed by atoms with Gasteiger partial charge < -0.3 is 19.8 Å². The molecule has 1 saturated heterocycles. The summed E-state index contributed by atoms with van der Waals surface area (Å²) in [6.07, 6.45) is 4.62. The number of carbonyl (C=O) groups excluding carboxylic acids is 2. The molecule has 2 N–H and O–H groups in total. The summed E-state index contributed by atoms with van der Waals surface area (Å²) in [4.78, 5) is 38.5. The van der Waals surface area contributed by atoms with Gasteiger partial charge in [0.1, 0.15) is 11.6 Å². The van der Waals surface area contributed by atoms with Gasteiger partial charge in [-0.2, -0.15) is 0 Å². The van der Waals surface area contributed by atoms with E-state index < -0.39 is 0 Å². The Kier molecular flexibility index (Phi) is 5.57. The summed E-state index contributed by atoms with van der Waals surface area (Å²) in [6, 6.07) is 4.16. The van der Waals surface area contributed by atoms with E-state index in [2.05, 4.69) is 46.2 Å². The zero-order chi connectivity index (χ0) is 21.3. The van der Waals surface area contributed by atoms with Crippen molar-refractivity contribution in [3.63, 3.8) is 0 Å². The first-order chi connectivity index (χ1) is 14.4. The molecule has 3 aromatic rings. The number of carbonyl (C=O) groups is 2. The molecule has 30 heavy (non-hydrogen) atoms. The highest BCUT2D eigenvalue weighted by molar-refractivity contribution is 5.84. The molecule has 1 aromatic carbocycles. The number of fused-ring (bicyclic) bond motifs is 1. The van der Waals surface area contributed by atoms with Crippen LogP contribution in [0.1, 0.15) is 29.2 Å². The number of amides is 2. The van der Waals surface area contributed by atoms with Gasteiger partial charge in [-0.3, -0.25) is 9.59 Å². The summed E-state index contributed by atoms with van der Waals surface area (Å²) >= 11 is 0. The Hall–Kier alpha value is -3.16. The average Bonchev–Trinajstić information content (AvgIpc) is 3.25. The van der Waals surface area contributed by atoms with Crippen molar-refractivity contribution in [2.75, 3.05) is 19.6 Å². The van der Waals surface area contributed by atoms with Crippen molar-refractivity contribution < 1.29 is 9.59 Å². The van der Waals surface area contributed by atoms with E-state index in [-0.39, 0.29) is 17.7 Å². The molecule has 0 atom stereocenters. The summed E-state index contributed by atoms with van der Waals surface area (Å²) in [5.41, 5.74) is 4.37. The number of hydrogen-bond acceptors (Lipinski definition) is 4. The van der Waals surface area contributed by atoms with Crippen LogP contribution >= 0.6 is 0 Å². The fourth-order valence-corrected chi connectivity index (χ4v) is 3.76. The van der Waals surface area contributed by atoms with Gasteiger partial charge in [-0.25, -0.2) is 9.97 Å². The fourth-order valence-electron chi connectivity index (χ4n) is 3.76. The summed E-state index contributed by atoms with van der Waals surface area (Å²) < 4.78 is 2.00. The first-order valence-corrected chi connectivity index (χ1v) is 10.4. The quantitative estimate of drug-likeness (QED) is 0.624. The molecule has 4 rings (SSSR count). The van der Waals surface area contributed by atoms with Crippen molar-refractivity contribution in [1.29, 1.82) is 0 Å². The third kappa shape index (κ3) is 4.22. The molecule has 8 nitrogen and oxygen atoms in total. The zero-order valence-electron chi connectivity index (χ0n) is 17.7. The monoisotopic (exact) mass is 408 g/mol. The Morgan fingerprint density at radius 2 is 1.97 bits per heavy atom. The van der Waals surface area contributed by atoms with E-state index in [1.54, 1.807) is 11.1 Å². The number of nitrogens with zero attached hydrogens (tertiary/aromatic N) is 4. The van der Waals surface area contributed by atoms with Crippen molar-refractivity contribution in [1.82, 2.24) is 29.7 Å². The lowest BCUT2D eigenvalue weighted by molar-refractivity contribution is -0.143. The van der Waals surface area contributed by atoms with Crippen LogP contribution in [0, 0.1) is 26.7 Å². The summed E-state index contributed by atoms with van der Waals surface area (Å²) in [5, 5.41) is 2.95. The molecule has 158 valence electrons. The number of hydrogen-bond donors (Lipinski definition) is 2. The third-order valence-electron chi connectivity index (χ3n) is 5.90. The smallest absolute Gasteiger partial charge is 0.226 e. The van der Waals surface area contributed by atoms with Crippen LogP contribution in [-0.4, -0.2) is 55.9 Å². The molecule has 0 aliphatic carbocycles. The Bertz CT molecular complexity index is 1040. The van der Waals surface area contributed by atoms with E-state index in [1.165, 1.54) is 11.1 Å². The van der Waals surface area contributed by atoms with E-state index in [0.29, 0.717) is 39.0 Å². The second-order valence-electron chi connectivity index (χ2n) is 8.09. The minimum atomic E-state index is -0.116. The van der Waals surface area contributed by atoms with Gasteiger partial charge in [0.25, 0.3) is 0 Å². The van der Waals surface area contributed by atoms with Gasteiger partial charge in [-0.05, 0) is 44.0 Å². The number of rotatable bonds is 7. The molecule has 8 heteroatoms. The highest BCUT2D eigenvalue weighted by atomic mass is 16.2. The highest BCUT2D eigenvalue weighted by Crippen LogP contribution is 2.20. The first-order valence-electron chi connectivity index (χ1n) is 10.4. The molecule has 0 radical (unpaired) electrons. The van der Waals surface area contributed by atoms with Gasteiger partial charge in [0.05, 0.1) is 17.0 Å². The number of aromatic nitrogens is 4. The van der Waals surface area contributed by atoms with E-state index in [0.717, 1.165) is 22.7 Å². The zero-order valence-corrected chi connectivity index (χ0v) is 17.7. The summed E-state index contributed by atoms with van der Waals surface area (Å²) in [5.74, 6) is 1.73. The standard InChI is InChI=1S/C22H28N6O2/c1-14-10-18-19(11-15(14)2)26-20(25-18)4-5-21(29)28-12-17(13-28)22(30)24-7-9-27-8-6-23-16(27)3/h6,8,10-11,17H,4-5,7,9,12-13H2,1-3H3,(H,24,30)(H,25,26). The van der Waals surface area contributed by atoms with Crippen LogP contribution in [0.5, 0.6) is 0 Å². The van der Waals surface area contributed by atoms with Crippen LogP contribution in [0.15, 0.2) is 24.5 Å². The number of aromatic amines is 1. The Morgan fingerprint density at radius 3 is 2.70 bits per heavy atom. The van der Waals surface area contributed by atoms with Crippen LogP contribution in [0.2, 0.25) is 0 Å². The number of likely N-dealkylation sites (tertiary alicyclic amines) is 1. The van der Waals surface area contributed by atoms with Crippen LogP contribution in [0.3, 0.4) is 0 Å². The van der Waals surface area contributed by atoms with E-state index in [9.17, 15) is 9.59 Å². The van der Waals surface area contributed by atoms with Crippen molar-refractivity contribution in [3.8, 4) is 0 Å². The lowest BCUT2D eigenvalue weighted by Gasteiger charge is -2.38. The Labute approximate surface area is 175 Å². The molecule has 1 aliphatic rings. The molecule has 0 unspecified atom stereocenters. The largest absolute Gasteiger partial charge is 0.354 e. The average molecular weight is 409 g/mol. The first kappa shape index (κ1) is 20.1. The minimum Gasteiger partial charge on any atom is -0.354 e. The third-order valence-corrected chi connectivity index (χ3v) is 5.90. The highest BCUT2D eigenvalue weighted by Gasteiger charge is 2.35. The number of benzene rings is 1. The lowest BCUT2D eigenvalue weighted by atomic mass is 9.98. The van der Waals surface area contributed by atoms with Gasteiger partial charge in [-0.15, -0.1) is 0 Å². The maximum Gasteiger partial charge on any atom is 0.226 e. The van der Waals surface area contributed by atoms with Crippen LogP contribution < -0.4 is 5.32 Å². The fraction of sp³-hybridized carbons (Fsp3) is 0.455. The van der Waals surface area contributed by atoms with Gasteiger partial charge in [0, 0.05) is 51.4 Å². The SMILES string of the molecule is Cc1cc2nc(CCC(=O)N3CC(C(=O)NCCn4ccnc4C)C3)[nH]c2cc1C. The second kappa shape index (κ2) is 8.30. The molecule has 1 fully saturated rings. The van der Waals surface area contributed by atoms with Crippen LogP contribution in [0.25, 0.3) is 11.0 Å². The summed E-state index contributed by atoms with van der Waals surface area (Å²) in [7, 11) is 0. The van der Waals surface area contributed by atoms with Gasteiger partial charge in [0.2, 0.25) is 11.8 Å². The lowest BCUT2D eigenvalue weighted by Crippen LogP contribution is -2.56. The molecule has 3 heterocycles. The molecular formula is C22H28N6O2. The van der Waals surface area contributed by atoms with Crippen LogP contribution in [-0.2, 0) is 22.6 Å². The Balaban J connectivity index is 1.20. The van der Waals surface area contributed by atoms with E-state index >= 15 is 0 Å². The molecule has 0 spiro atoms. The predicted molar refractivity (Wildman–Crippen MR) is 114 cm³/mol. The topological polar surface area (TPSA) is 95.9 Å². The van der Waals surface area contributed by atoms with Gasteiger partial charge in [-0.1, -0.05) is 0 Å². The van der Waals surface area contributed by atoms with Crippen molar-refractivity contribution in [2.24, 2.45) is 5.92 Å². The molecule has 0 bridgehead atoms. The molecule has 2 aromatic heterocycles. The molecule has 2 amide bonds. The maximum absolute atomic E-state index is 12.4. The van der Waals surface area contributed by atoms with E-state index in [1.807, 2.05) is 17.7 Å². The van der Waals surface area contributed by atoms with Crippen molar-refractivity contribution >= 4 is 22.8 Å². The Morgan fingerprint density at radius 1 is 1.20 bits per heavy atom. The van der Waals surface area contributed by atoms with Gasteiger partial charge in [0.15, 0.2) is 0 Å². The number of aryl methyl sites for hydroxylation is 4. The summed E-state index contributed by atoms with van der Waals surface area (Å²) in [6.45, 7) is 8.33. The number of nitrogens with one attached hydrogen (secondary N) is 2. The van der Waals surface area contributed by atoms with Crippen molar-refractivity contribution in [2.45, 2.75) is 40.2 Å². The molecular weight excluding hydrogens is 380 g/mol. The van der Waals surface area contributed by atoms with Gasteiger partial charge >= 0.3 is 0 Å². The normalized spacial score (nSPS) is 14.2. The number of H-pyrrole nitrogens is 1. The second-order valence-corrected chi connectivity index (χ2v) is 8.09. The van der Waals surface area contributed by atoms with Crippen LogP contribution in [0.4, 0.5) is 0 Å². The predicted octanol–water partition coefficient (Wildman–Crippen LogP) is 1.89.